The van der Waals surface area contributed by atoms with Crippen molar-refractivity contribution in [3.63, 3.8) is 0 Å². The molecule has 1 aromatic heterocycles. The molecule has 1 aliphatic rings. The Morgan fingerprint density at radius 3 is 2.36 bits per heavy atom. The first-order valence-electron chi connectivity index (χ1n) is 8.82. The average molecular weight is 339 g/mol. The van der Waals surface area contributed by atoms with E-state index in [4.69, 9.17) is 0 Å². The zero-order valence-electron chi connectivity index (χ0n) is 14.9. The van der Waals surface area contributed by atoms with Crippen molar-refractivity contribution in [3.8, 4) is 0 Å². The second kappa shape index (κ2) is 7.55. The number of hydrogen-bond donors (Lipinski definition) is 1. The largest absolute Gasteiger partial charge is 0.362 e. The lowest BCUT2D eigenvalue weighted by Gasteiger charge is -2.22. The van der Waals surface area contributed by atoms with E-state index in [0.29, 0.717) is 38.2 Å². The molecule has 1 aliphatic heterocycles. The Bertz CT molecular complexity index is 752. The van der Waals surface area contributed by atoms with Crippen molar-refractivity contribution < 1.29 is 9.59 Å². The standard InChI is InChI=1S/C20H25N3O2/c1-15-13-18(16(2)21-15)14-19(24)22-9-6-10-23(12-11-22)20(25)17-7-4-3-5-8-17/h3-5,7-8,13,21H,6,9-12,14H2,1-2H3. The van der Waals surface area contributed by atoms with Crippen LogP contribution in [0, 0.1) is 13.8 Å². The molecule has 3 rings (SSSR count). The van der Waals surface area contributed by atoms with Crippen molar-refractivity contribution in [2.24, 2.45) is 0 Å². The Balaban J connectivity index is 1.60. The van der Waals surface area contributed by atoms with Gasteiger partial charge in [-0.15, -0.1) is 0 Å². The zero-order valence-corrected chi connectivity index (χ0v) is 14.9. The lowest BCUT2D eigenvalue weighted by molar-refractivity contribution is -0.130. The lowest BCUT2D eigenvalue weighted by atomic mass is 10.1. The Kier molecular flexibility index (Phi) is 5.22. The number of nitrogens with zero attached hydrogens (tertiary/aromatic N) is 2. The van der Waals surface area contributed by atoms with E-state index in [1.807, 2.05) is 60.0 Å². The third kappa shape index (κ3) is 4.10. The van der Waals surface area contributed by atoms with E-state index in [9.17, 15) is 9.59 Å². The van der Waals surface area contributed by atoms with Crippen LogP contribution in [0.15, 0.2) is 36.4 Å². The predicted octanol–water partition coefficient (Wildman–Crippen LogP) is 2.55. The average Bonchev–Trinajstić information content (AvgIpc) is 2.81. The molecule has 1 N–H and O–H groups in total. The molecule has 0 radical (unpaired) electrons. The number of carbonyl (C=O) groups excluding carboxylic acids is 2. The molecule has 0 aliphatic carbocycles. The van der Waals surface area contributed by atoms with E-state index in [0.717, 1.165) is 23.4 Å². The van der Waals surface area contributed by atoms with Gasteiger partial charge < -0.3 is 14.8 Å². The topological polar surface area (TPSA) is 56.4 Å². The highest BCUT2D eigenvalue weighted by Gasteiger charge is 2.23. The van der Waals surface area contributed by atoms with Gasteiger partial charge in [-0.25, -0.2) is 0 Å². The zero-order chi connectivity index (χ0) is 17.8. The minimum atomic E-state index is 0.0482. The molecule has 5 nitrogen and oxygen atoms in total. The number of carbonyl (C=O) groups is 2. The Morgan fingerprint density at radius 2 is 1.68 bits per heavy atom. The van der Waals surface area contributed by atoms with Gasteiger partial charge in [0.2, 0.25) is 5.91 Å². The van der Waals surface area contributed by atoms with Crippen LogP contribution >= 0.6 is 0 Å². The summed E-state index contributed by atoms with van der Waals surface area (Å²) in [5, 5.41) is 0. The van der Waals surface area contributed by atoms with Gasteiger partial charge in [0.15, 0.2) is 0 Å². The van der Waals surface area contributed by atoms with Crippen LogP contribution in [-0.2, 0) is 11.2 Å². The monoisotopic (exact) mass is 339 g/mol. The molecule has 2 aromatic rings. The minimum absolute atomic E-state index is 0.0482. The van der Waals surface area contributed by atoms with Crippen molar-refractivity contribution in [1.29, 1.82) is 0 Å². The summed E-state index contributed by atoms with van der Waals surface area (Å²) in [4.78, 5) is 32.2. The van der Waals surface area contributed by atoms with Crippen LogP contribution in [0.1, 0.15) is 33.7 Å². The summed E-state index contributed by atoms with van der Waals surface area (Å²) in [5.74, 6) is 0.183. The predicted molar refractivity (Wildman–Crippen MR) is 97.5 cm³/mol. The molecule has 0 unspecified atom stereocenters. The second-order valence-corrected chi connectivity index (χ2v) is 6.67. The molecule has 0 atom stereocenters. The van der Waals surface area contributed by atoms with Crippen molar-refractivity contribution in [1.82, 2.24) is 14.8 Å². The Morgan fingerprint density at radius 1 is 1.00 bits per heavy atom. The van der Waals surface area contributed by atoms with Crippen LogP contribution < -0.4 is 0 Å². The molecule has 132 valence electrons. The number of aromatic nitrogens is 1. The highest BCUT2D eigenvalue weighted by Crippen LogP contribution is 2.14. The number of aromatic amines is 1. The third-order valence-corrected chi connectivity index (χ3v) is 4.76. The molecule has 0 saturated carbocycles. The van der Waals surface area contributed by atoms with Crippen molar-refractivity contribution in [2.75, 3.05) is 26.2 Å². The van der Waals surface area contributed by atoms with Crippen LogP contribution in [0.4, 0.5) is 0 Å². The summed E-state index contributed by atoms with van der Waals surface area (Å²) in [7, 11) is 0. The maximum atomic E-state index is 12.6. The number of aryl methyl sites for hydroxylation is 2. The first-order valence-corrected chi connectivity index (χ1v) is 8.82. The minimum Gasteiger partial charge on any atom is -0.362 e. The van der Waals surface area contributed by atoms with Crippen LogP contribution in [0.5, 0.6) is 0 Å². The van der Waals surface area contributed by atoms with Gasteiger partial charge in [-0.05, 0) is 44.0 Å². The van der Waals surface area contributed by atoms with Gasteiger partial charge in [0, 0.05) is 43.1 Å². The maximum Gasteiger partial charge on any atom is 0.253 e. The van der Waals surface area contributed by atoms with Gasteiger partial charge >= 0.3 is 0 Å². The van der Waals surface area contributed by atoms with Crippen LogP contribution in [0.2, 0.25) is 0 Å². The van der Waals surface area contributed by atoms with Crippen molar-refractivity contribution >= 4 is 11.8 Å². The molecule has 25 heavy (non-hydrogen) atoms. The van der Waals surface area contributed by atoms with Crippen LogP contribution in [0.25, 0.3) is 0 Å². The molecule has 2 amide bonds. The SMILES string of the molecule is Cc1cc(CC(=O)N2CCCN(C(=O)c3ccccc3)CC2)c(C)[nH]1. The first-order chi connectivity index (χ1) is 12.0. The van der Waals surface area contributed by atoms with Crippen LogP contribution in [0.3, 0.4) is 0 Å². The Hall–Kier alpha value is -2.56. The molecule has 5 heteroatoms. The van der Waals surface area contributed by atoms with E-state index < -0.39 is 0 Å². The summed E-state index contributed by atoms with van der Waals surface area (Å²) in [6, 6.07) is 11.4. The third-order valence-electron chi connectivity index (χ3n) is 4.76. The smallest absolute Gasteiger partial charge is 0.253 e. The van der Waals surface area contributed by atoms with Gasteiger partial charge in [-0.3, -0.25) is 9.59 Å². The molecule has 1 aromatic carbocycles. The molecule has 2 heterocycles. The molecule has 0 spiro atoms. The highest BCUT2D eigenvalue weighted by atomic mass is 16.2. The van der Waals surface area contributed by atoms with Gasteiger partial charge in [0.25, 0.3) is 5.91 Å². The van der Waals surface area contributed by atoms with E-state index in [1.54, 1.807) is 0 Å². The molecular formula is C20H25N3O2. The summed E-state index contributed by atoms with van der Waals surface area (Å²) in [5.41, 5.74) is 3.90. The number of amides is 2. The molecular weight excluding hydrogens is 314 g/mol. The molecule has 0 bridgehead atoms. The lowest BCUT2D eigenvalue weighted by Crippen LogP contribution is -2.38. The number of hydrogen-bond acceptors (Lipinski definition) is 2. The van der Waals surface area contributed by atoms with E-state index >= 15 is 0 Å². The quantitative estimate of drug-likeness (QED) is 0.934. The fourth-order valence-corrected chi connectivity index (χ4v) is 3.37. The van der Waals surface area contributed by atoms with E-state index in [2.05, 4.69) is 4.98 Å². The highest BCUT2D eigenvalue weighted by molar-refractivity contribution is 5.94. The molecule has 1 saturated heterocycles. The fourth-order valence-electron chi connectivity index (χ4n) is 3.37. The maximum absolute atomic E-state index is 12.6. The Labute approximate surface area is 148 Å². The summed E-state index contributed by atoms with van der Waals surface area (Å²) in [6.07, 6.45) is 1.23. The van der Waals surface area contributed by atoms with Gasteiger partial charge in [0.05, 0.1) is 6.42 Å². The summed E-state index contributed by atoms with van der Waals surface area (Å²) >= 11 is 0. The van der Waals surface area contributed by atoms with Crippen LogP contribution in [-0.4, -0.2) is 52.8 Å². The van der Waals surface area contributed by atoms with Crippen molar-refractivity contribution in [3.05, 3.63) is 58.9 Å². The van der Waals surface area contributed by atoms with Gasteiger partial charge in [0.1, 0.15) is 0 Å². The number of H-pyrrole nitrogens is 1. The van der Waals surface area contributed by atoms with Crippen molar-refractivity contribution in [2.45, 2.75) is 26.7 Å². The van der Waals surface area contributed by atoms with Gasteiger partial charge in [-0.2, -0.15) is 0 Å². The second-order valence-electron chi connectivity index (χ2n) is 6.67. The number of benzene rings is 1. The first kappa shape index (κ1) is 17.3. The normalized spacial score (nSPS) is 15.1. The number of rotatable bonds is 3. The molecule has 1 fully saturated rings. The fraction of sp³-hybridized carbons (Fsp3) is 0.400. The number of nitrogens with one attached hydrogen (secondary N) is 1. The summed E-state index contributed by atoms with van der Waals surface area (Å²) in [6.45, 7) is 6.59. The summed E-state index contributed by atoms with van der Waals surface area (Å²) < 4.78 is 0. The van der Waals surface area contributed by atoms with Gasteiger partial charge in [-0.1, -0.05) is 18.2 Å². The van der Waals surface area contributed by atoms with E-state index in [-0.39, 0.29) is 11.8 Å². The van der Waals surface area contributed by atoms with E-state index in [1.165, 1.54) is 0 Å².